The summed E-state index contributed by atoms with van der Waals surface area (Å²) in [5.41, 5.74) is 0.290. The van der Waals surface area contributed by atoms with Crippen LogP contribution in [0, 0.1) is 0 Å². The molecule has 1 aliphatic rings. The van der Waals surface area contributed by atoms with Gasteiger partial charge in [0.25, 0.3) is 0 Å². The summed E-state index contributed by atoms with van der Waals surface area (Å²) in [6, 6.07) is 1.29. The number of piperazine rings is 1. The van der Waals surface area contributed by atoms with E-state index >= 15 is 0 Å². The maximum absolute atomic E-state index is 3.67. The molecule has 1 rings (SSSR count). The Kier molecular flexibility index (Phi) is 4.77. The predicted molar refractivity (Wildman–Crippen MR) is 70.9 cm³/mol. The number of nitrogens with one attached hydrogen (secondary N) is 1. The third-order valence-electron chi connectivity index (χ3n) is 3.73. The quantitative estimate of drug-likeness (QED) is 0.783. The Morgan fingerprint density at radius 3 is 2.56 bits per heavy atom. The molecular formula is C13H29N3. The van der Waals surface area contributed by atoms with Crippen molar-refractivity contribution < 1.29 is 0 Å². The molecule has 96 valence electrons. The van der Waals surface area contributed by atoms with Gasteiger partial charge in [0, 0.05) is 37.3 Å². The molecule has 0 radical (unpaired) electrons. The summed E-state index contributed by atoms with van der Waals surface area (Å²) in [4.78, 5) is 4.93. The molecule has 1 saturated heterocycles. The SMILES string of the molecule is CCC(C)N1CC(CN(C)C)NCC1(C)C. The Hall–Kier alpha value is -0.120. The first kappa shape index (κ1) is 13.9. The monoisotopic (exact) mass is 227 g/mol. The van der Waals surface area contributed by atoms with Crippen molar-refractivity contribution in [1.82, 2.24) is 15.1 Å². The molecule has 1 N–H and O–H groups in total. The van der Waals surface area contributed by atoms with E-state index in [0.717, 1.165) is 13.1 Å². The number of likely N-dealkylation sites (N-methyl/N-ethyl adjacent to an activating group) is 1. The van der Waals surface area contributed by atoms with Crippen LogP contribution >= 0.6 is 0 Å². The summed E-state index contributed by atoms with van der Waals surface area (Å²) in [6.07, 6.45) is 1.23. The zero-order valence-corrected chi connectivity index (χ0v) is 11.9. The molecule has 3 heteroatoms. The maximum Gasteiger partial charge on any atom is 0.0323 e. The summed E-state index contributed by atoms with van der Waals surface area (Å²) in [7, 11) is 4.30. The molecule has 0 saturated carbocycles. The topological polar surface area (TPSA) is 18.5 Å². The molecule has 0 aliphatic carbocycles. The van der Waals surface area contributed by atoms with Gasteiger partial charge in [-0.1, -0.05) is 6.92 Å². The van der Waals surface area contributed by atoms with Crippen LogP contribution in [0.4, 0.5) is 0 Å². The normalized spacial score (nSPS) is 28.3. The van der Waals surface area contributed by atoms with Crippen LogP contribution in [0.1, 0.15) is 34.1 Å². The average Bonchev–Trinajstić information content (AvgIpc) is 2.19. The van der Waals surface area contributed by atoms with Crippen molar-refractivity contribution >= 4 is 0 Å². The van der Waals surface area contributed by atoms with Gasteiger partial charge in [0.2, 0.25) is 0 Å². The van der Waals surface area contributed by atoms with E-state index in [1.165, 1.54) is 13.0 Å². The highest BCUT2D eigenvalue weighted by molar-refractivity contribution is 4.95. The van der Waals surface area contributed by atoms with E-state index in [4.69, 9.17) is 0 Å². The zero-order chi connectivity index (χ0) is 12.3. The third-order valence-corrected chi connectivity index (χ3v) is 3.73. The molecule has 0 amide bonds. The standard InChI is InChI=1S/C13H29N3/c1-7-11(2)16-9-12(8-15(5)6)14-10-13(16,3)4/h11-12,14H,7-10H2,1-6H3. The summed E-state index contributed by atoms with van der Waals surface area (Å²) < 4.78 is 0. The molecule has 16 heavy (non-hydrogen) atoms. The van der Waals surface area contributed by atoms with Crippen LogP contribution < -0.4 is 5.32 Å². The van der Waals surface area contributed by atoms with Crippen LogP contribution in [-0.2, 0) is 0 Å². The van der Waals surface area contributed by atoms with Gasteiger partial charge in [0.15, 0.2) is 0 Å². The van der Waals surface area contributed by atoms with Crippen molar-refractivity contribution in [1.29, 1.82) is 0 Å². The summed E-state index contributed by atoms with van der Waals surface area (Å²) >= 11 is 0. The van der Waals surface area contributed by atoms with E-state index in [1.807, 2.05) is 0 Å². The van der Waals surface area contributed by atoms with Crippen molar-refractivity contribution in [2.45, 2.75) is 51.7 Å². The minimum absolute atomic E-state index is 0.290. The van der Waals surface area contributed by atoms with Crippen LogP contribution in [0.3, 0.4) is 0 Å². The summed E-state index contributed by atoms with van der Waals surface area (Å²) in [5.74, 6) is 0. The highest BCUT2D eigenvalue weighted by Crippen LogP contribution is 2.22. The number of hydrogen-bond acceptors (Lipinski definition) is 3. The molecule has 0 aromatic heterocycles. The van der Waals surface area contributed by atoms with Crippen molar-refractivity contribution in [3.05, 3.63) is 0 Å². The van der Waals surface area contributed by atoms with E-state index in [-0.39, 0.29) is 5.54 Å². The Balaban J connectivity index is 2.62. The van der Waals surface area contributed by atoms with Gasteiger partial charge in [0.1, 0.15) is 0 Å². The smallest absolute Gasteiger partial charge is 0.0323 e. The van der Waals surface area contributed by atoms with E-state index in [2.05, 4.69) is 56.9 Å². The van der Waals surface area contributed by atoms with Crippen molar-refractivity contribution in [3.8, 4) is 0 Å². The fraction of sp³-hybridized carbons (Fsp3) is 1.00. The van der Waals surface area contributed by atoms with Gasteiger partial charge >= 0.3 is 0 Å². The number of rotatable bonds is 4. The largest absolute Gasteiger partial charge is 0.310 e. The summed E-state index contributed by atoms with van der Waals surface area (Å²) in [6.45, 7) is 12.7. The highest BCUT2D eigenvalue weighted by Gasteiger charge is 2.35. The van der Waals surface area contributed by atoms with Gasteiger partial charge in [-0.05, 0) is 41.3 Å². The molecule has 1 fully saturated rings. The van der Waals surface area contributed by atoms with Crippen molar-refractivity contribution in [3.63, 3.8) is 0 Å². The lowest BCUT2D eigenvalue weighted by Crippen LogP contribution is -2.65. The van der Waals surface area contributed by atoms with Crippen LogP contribution in [0.5, 0.6) is 0 Å². The molecule has 0 bridgehead atoms. The number of nitrogens with zero attached hydrogens (tertiary/aromatic N) is 2. The van der Waals surface area contributed by atoms with E-state index < -0.39 is 0 Å². The van der Waals surface area contributed by atoms with Gasteiger partial charge in [-0.3, -0.25) is 4.90 Å². The zero-order valence-electron chi connectivity index (χ0n) is 11.9. The Morgan fingerprint density at radius 2 is 2.06 bits per heavy atom. The van der Waals surface area contributed by atoms with E-state index in [0.29, 0.717) is 12.1 Å². The van der Waals surface area contributed by atoms with Gasteiger partial charge in [-0.25, -0.2) is 0 Å². The van der Waals surface area contributed by atoms with Crippen LogP contribution in [0.2, 0.25) is 0 Å². The van der Waals surface area contributed by atoms with Gasteiger partial charge in [0.05, 0.1) is 0 Å². The third kappa shape index (κ3) is 3.44. The second kappa shape index (κ2) is 5.48. The first-order chi connectivity index (χ1) is 7.36. The van der Waals surface area contributed by atoms with Crippen LogP contribution in [0.25, 0.3) is 0 Å². The van der Waals surface area contributed by atoms with Crippen LogP contribution in [0.15, 0.2) is 0 Å². The second-order valence-corrected chi connectivity index (χ2v) is 6.06. The molecular weight excluding hydrogens is 198 g/mol. The molecule has 3 nitrogen and oxygen atoms in total. The number of hydrogen-bond donors (Lipinski definition) is 1. The molecule has 0 aromatic rings. The average molecular weight is 227 g/mol. The molecule has 1 heterocycles. The first-order valence-corrected chi connectivity index (χ1v) is 6.51. The molecule has 0 spiro atoms. The van der Waals surface area contributed by atoms with Crippen LogP contribution in [-0.4, -0.2) is 61.2 Å². The van der Waals surface area contributed by atoms with E-state index in [9.17, 15) is 0 Å². The Morgan fingerprint density at radius 1 is 1.44 bits per heavy atom. The van der Waals surface area contributed by atoms with E-state index in [1.54, 1.807) is 0 Å². The second-order valence-electron chi connectivity index (χ2n) is 6.06. The predicted octanol–water partition coefficient (Wildman–Crippen LogP) is 1.40. The Bertz CT molecular complexity index is 213. The lowest BCUT2D eigenvalue weighted by molar-refractivity contribution is 0.0250. The minimum atomic E-state index is 0.290. The summed E-state index contributed by atoms with van der Waals surface area (Å²) in [5, 5.41) is 3.67. The lowest BCUT2D eigenvalue weighted by atomic mass is 9.94. The van der Waals surface area contributed by atoms with Crippen molar-refractivity contribution in [2.75, 3.05) is 33.7 Å². The maximum atomic E-state index is 3.67. The molecule has 0 aromatic carbocycles. The van der Waals surface area contributed by atoms with Gasteiger partial charge in [-0.2, -0.15) is 0 Å². The van der Waals surface area contributed by atoms with Gasteiger partial charge < -0.3 is 10.2 Å². The fourth-order valence-corrected chi connectivity index (χ4v) is 2.60. The molecule has 2 atom stereocenters. The first-order valence-electron chi connectivity index (χ1n) is 6.51. The lowest BCUT2D eigenvalue weighted by Gasteiger charge is -2.49. The fourth-order valence-electron chi connectivity index (χ4n) is 2.60. The molecule has 2 unspecified atom stereocenters. The Labute approximate surface area is 101 Å². The van der Waals surface area contributed by atoms with Gasteiger partial charge in [-0.15, -0.1) is 0 Å². The minimum Gasteiger partial charge on any atom is -0.310 e. The molecule has 1 aliphatic heterocycles. The highest BCUT2D eigenvalue weighted by atomic mass is 15.3. The van der Waals surface area contributed by atoms with Crippen molar-refractivity contribution in [2.24, 2.45) is 0 Å².